The molecule has 1 amide bonds. The van der Waals surface area contributed by atoms with E-state index in [0.717, 1.165) is 11.3 Å². The Kier molecular flexibility index (Phi) is 7.11. The lowest BCUT2D eigenvalue weighted by Gasteiger charge is -2.37. The smallest absolute Gasteiger partial charge is 0.256 e. The van der Waals surface area contributed by atoms with E-state index in [1.807, 2.05) is 53.2 Å². The molecule has 0 aromatic heterocycles. The quantitative estimate of drug-likeness (QED) is 0.497. The Morgan fingerprint density at radius 2 is 1.71 bits per heavy atom. The molecule has 7 heteroatoms. The van der Waals surface area contributed by atoms with Gasteiger partial charge in [-0.15, -0.1) is 0 Å². The third-order valence-electron chi connectivity index (χ3n) is 6.29. The van der Waals surface area contributed by atoms with E-state index in [2.05, 4.69) is 6.07 Å². The number of hydrogen-bond acceptors (Lipinski definition) is 5. The molecule has 0 aliphatic carbocycles. The number of nitrogens with zero attached hydrogens (tertiary/aromatic N) is 4. The monoisotopic (exact) mass is 470 g/mol. The second-order valence-corrected chi connectivity index (χ2v) is 8.69. The minimum atomic E-state index is -0.441. The molecule has 1 saturated heterocycles. The Labute approximate surface area is 204 Å². The zero-order valence-electron chi connectivity index (χ0n) is 19.9. The number of carbonyl (C=O) groups excluding carboxylic acids is 2. The summed E-state index contributed by atoms with van der Waals surface area (Å²) in [5.74, 6) is -0.772. The Morgan fingerprint density at radius 1 is 1.00 bits per heavy atom. The average molecular weight is 471 g/mol. The van der Waals surface area contributed by atoms with Crippen LogP contribution >= 0.6 is 0 Å². The van der Waals surface area contributed by atoms with Crippen molar-refractivity contribution in [3.05, 3.63) is 94.8 Å². The molecule has 0 spiro atoms. The number of hydrogen-bond donors (Lipinski definition) is 0. The minimum Gasteiger partial charge on any atom is -0.370 e. The molecule has 1 fully saturated rings. The van der Waals surface area contributed by atoms with E-state index in [0.29, 0.717) is 55.1 Å². The third kappa shape index (κ3) is 5.33. The summed E-state index contributed by atoms with van der Waals surface area (Å²) in [6.45, 7) is 3.81. The fourth-order valence-electron chi connectivity index (χ4n) is 4.36. The molecule has 1 heterocycles. The van der Waals surface area contributed by atoms with Crippen molar-refractivity contribution >= 4 is 23.1 Å². The first-order valence-corrected chi connectivity index (χ1v) is 11.5. The maximum Gasteiger partial charge on any atom is 0.256 e. The van der Waals surface area contributed by atoms with E-state index in [4.69, 9.17) is 0 Å². The van der Waals surface area contributed by atoms with E-state index in [9.17, 15) is 19.2 Å². The largest absolute Gasteiger partial charge is 0.370 e. The molecule has 0 bridgehead atoms. The van der Waals surface area contributed by atoms with Crippen molar-refractivity contribution in [2.75, 3.05) is 43.0 Å². The molecule has 0 unspecified atom stereocenters. The van der Waals surface area contributed by atoms with Crippen molar-refractivity contribution in [2.45, 2.75) is 13.5 Å². The van der Waals surface area contributed by atoms with Gasteiger partial charge in [0.15, 0.2) is 5.78 Å². The first kappa shape index (κ1) is 24.0. The highest BCUT2D eigenvalue weighted by molar-refractivity contribution is 6.00. The zero-order chi connectivity index (χ0) is 24.9. The number of ketones is 1. The van der Waals surface area contributed by atoms with Gasteiger partial charge in [0, 0.05) is 51.0 Å². The minimum absolute atomic E-state index is 0.149. The predicted molar refractivity (Wildman–Crippen MR) is 134 cm³/mol. The van der Waals surface area contributed by atoms with Gasteiger partial charge in [0.2, 0.25) is 0 Å². The number of amides is 1. The second-order valence-electron chi connectivity index (χ2n) is 8.69. The zero-order valence-corrected chi connectivity index (χ0v) is 19.9. The summed E-state index contributed by atoms with van der Waals surface area (Å²) < 4.78 is 14.6. The summed E-state index contributed by atoms with van der Waals surface area (Å²) in [7, 11) is 1.93. The van der Waals surface area contributed by atoms with Gasteiger partial charge in [0.05, 0.1) is 22.9 Å². The molecule has 178 valence electrons. The maximum absolute atomic E-state index is 14.6. The fraction of sp³-hybridized carbons (Fsp3) is 0.250. The first-order chi connectivity index (χ1) is 16.9. The van der Waals surface area contributed by atoms with Crippen LogP contribution in [0, 0.1) is 17.1 Å². The topological polar surface area (TPSA) is 67.6 Å². The van der Waals surface area contributed by atoms with Crippen LogP contribution in [-0.4, -0.2) is 49.8 Å². The van der Waals surface area contributed by atoms with E-state index in [1.54, 1.807) is 29.2 Å². The Morgan fingerprint density at radius 3 is 2.34 bits per heavy atom. The lowest BCUT2D eigenvalue weighted by molar-refractivity contribution is 0.0747. The number of anilines is 2. The molecule has 0 saturated carbocycles. The van der Waals surface area contributed by atoms with Crippen LogP contribution in [-0.2, 0) is 6.54 Å². The lowest BCUT2D eigenvalue weighted by Crippen LogP contribution is -2.49. The van der Waals surface area contributed by atoms with Gasteiger partial charge in [-0.05, 0) is 48.9 Å². The molecule has 0 N–H and O–H groups in total. The van der Waals surface area contributed by atoms with E-state index in [-0.39, 0.29) is 11.7 Å². The SMILES string of the molecule is CC(=O)c1ccc(N2CCN(C(=O)c3cc(C#N)ccc3N(C)Cc3ccccc3)CC2)c(F)c1. The van der Waals surface area contributed by atoms with Gasteiger partial charge in [-0.2, -0.15) is 5.26 Å². The van der Waals surface area contributed by atoms with Crippen LogP contribution in [0.1, 0.15) is 38.8 Å². The van der Waals surface area contributed by atoms with Gasteiger partial charge in [-0.1, -0.05) is 30.3 Å². The van der Waals surface area contributed by atoms with Crippen molar-refractivity contribution in [2.24, 2.45) is 0 Å². The fourth-order valence-corrected chi connectivity index (χ4v) is 4.36. The van der Waals surface area contributed by atoms with Crippen LogP contribution in [0.5, 0.6) is 0 Å². The normalized spacial score (nSPS) is 13.3. The van der Waals surface area contributed by atoms with Crippen molar-refractivity contribution in [3.8, 4) is 6.07 Å². The van der Waals surface area contributed by atoms with Crippen LogP contribution in [0.3, 0.4) is 0 Å². The van der Waals surface area contributed by atoms with E-state index >= 15 is 0 Å². The van der Waals surface area contributed by atoms with Crippen molar-refractivity contribution in [3.63, 3.8) is 0 Å². The highest BCUT2D eigenvalue weighted by atomic mass is 19.1. The maximum atomic E-state index is 14.6. The highest BCUT2D eigenvalue weighted by Crippen LogP contribution is 2.27. The van der Waals surface area contributed by atoms with Crippen molar-refractivity contribution in [1.82, 2.24) is 4.90 Å². The van der Waals surface area contributed by atoms with E-state index < -0.39 is 5.82 Å². The second kappa shape index (κ2) is 10.4. The summed E-state index contributed by atoms with van der Waals surface area (Å²) in [4.78, 5) is 30.7. The molecule has 1 aliphatic rings. The lowest BCUT2D eigenvalue weighted by atomic mass is 10.1. The number of Topliss-reactive ketones (excluding diaryl/α,β-unsaturated/α-hetero) is 1. The Bertz CT molecular complexity index is 1280. The van der Waals surface area contributed by atoms with Crippen molar-refractivity contribution in [1.29, 1.82) is 5.26 Å². The molecule has 6 nitrogen and oxygen atoms in total. The van der Waals surface area contributed by atoms with Gasteiger partial charge >= 0.3 is 0 Å². The molecule has 1 aliphatic heterocycles. The number of nitriles is 1. The summed E-state index contributed by atoms with van der Waals surface area (Å²) in [5, 5.41) is 9.41. The Balaban J connectivity index is 1.51. The summed E-state index contributed by atoms with van der Waals surface area (Å²) >= 11 is 0. The molecular weight excluding hydrogens is 443 g/mol. The summed E-state index contributed by atoms with van der Waals surface area (Å²) in [6.07, 6.45) is 0. The van der Waals surface area contributed by atoms with Crippen LogP contribution in [0.15, 0.2) is 66.7 Å². The molecule has 35 heavy (non-hydrogen) atoms. The standard InChI is InChI=1S/C28H27FN4O2/c1-20(34)23-9-11-27(25(29)17-23)32-12-14-33(15-13-32)28(35)24-16-22(18-30)8-10-26(24)31(2)19-21-6-4-3-5-7-21/h3-11,16-17H,12-15,19H2,1-2H3. The third-order valence-corrected chi connectivity index (χ3v) is 6.29. The van der Waals surface area contributed by atoms with E-state index in [1.165, 1.54) is 13.0 Å². The Hall–Kier alpha value is -4.18. The summed E-state index contributed by atoms with van der Waals surface area (Å²) in [5.41, 5.74) is 3.54. The molecular formula is C28H27FN4O2. The number of rotatable bonds is 6. The first-order valence-electron chi connectivity index (χ1n) is 11.5. The molecule has 3 aromatic rings. The number of carbonyl (C=O) groups is 2. The summed E-state index contributed by atoms with van der Waals surface area (Å²) in [6, 6.07) is 21.8. The van der Waals surface area contributed by atoms with Crippen molar-refractivity contribution < 1.29 is 14.0 Å². The molecule has 0 atom stereocenters. The predicted octanol–water partition coefficient (Wildman–Crippen LogP) is 4.50. The highest BCUT2D eigenvalue weighted by Gasteiger charge is 2.26. The van der Waals surface area contributed by atoms with Gasteiger partial charge < -0.3 is 14.7 Å². The number of piperazine rings is 1. The van der Waals surface area contributed by atoms with Gasteiger partial charge in [-0.25, -0.2) is 4.39 Å². The van der Waals surface area contributed by atoms with Gasteiger partial charge in [0.1, 0.15) is 5.82 Å². The number of benzene rings is 3. The van der Waals surface area contributed by atoms with Crippen LogP contribution in [0.2, 0.25) is 0 Å². The van der Waals surface area contributed by atoms with Gasteiger partial charge in [0.25, 0.3) is 5.91 Å². The van der Waals surface area contributed by atoms with Crippen LogP contribution in [0.25, 0.3) is 0 Å². The molecule has 3 aromatic carbocycles. The molecule has 0 radical (unpaired) electrons. The average Bonchev–Trinajstić information content (AvgIpc) is 2.88. The molecule has 4 rings (SSSR count). The van der Waals surface area contributed by atoms with Crippen LogP contribution in [0.4, 0.5) is 15.8 Å². The van der Waals surface area contributed by atoms with Crippen LogP contribution < -0.4 is 9.80 Å². The van der Waals surface area contributed by atoms with Gasteiger partial charge in [-0.3, -0.25) is 9.59 Å². The number of halogens is 1.